The number of fused-ring (bicyclic) bond motifs is 1. The number of carbonyl (C=O) groups excluding carboxylic acids is 1. The number of rotatable bonds is 10. The van der Waals surface area contributed by atoms with Crippen LogP contribution in [-0.2, 0) is 4.74 Å². The Hall–Kier alpha value is -3.97. The SMILES string of the molecule is CCN(CCN(C)C)C(=O)c1ccc(-c2cc3nccc(-c4ccc(OC5CCOCC5)c(C#N)c4)c3s2)cc1OC. The summed E-state index contributed by atoms with van der Waals surface area (Å²) in [4.78, 5) is 22.9. The molecule has 5 rings (SSSR count). The maximum absolute atomic E-state index is 13.3. The highest BCUT2D eigenvalue weighted by Crippen LogP contribution is 2.40. The monoisotopic (exact) mass is 584 g/mol. The Labute approximate surface area is 251 Å². The summed E-state index contributed by atoms with van der Waals surface area (Å²) in [5, 5.41) is 9.89. The number of nitriles is 1. The summed E-state index contributed by atoms with van der Waals surface area (Å²) in [6.07, 6.45) is 3.50. The molecule has 0 saturated carbocycles. The van der Waals surface area contributed by atoms with Crippen molar-refractivity contribution in [3.05, 3.63) is 65.9 Å². The summed E-state index contributed by atoms with van der Waals surface area (Å²) in [7, 11) is 5.59. The van der Waals surface area contributed by atoms with E-state index in [9.17, 15) is 10.1 Å². The van der Waals surface area contributed by atoms with Crippen LogP contribution in [0.3, 0.4) is 0 Å². The van der Waals surface area contributed by atoms with Crippen LogP contribution >= 0.6 is 11.3 Å². The van der Waals surface area contributed by atoms with E-state index >= 15 is 0 Å². The third kappa shape index (κ3) is 6.41. The van der Waals surface area contributed by atoms with Crippen molar-refractivity contribution in [3.63, 3.8) is 0 Å². The van der Waals surface area contributed by atoms with Crippen molar-refractivity contribution < 1.29 is 19.0 Å². The van der Waals surface area contributed by atoms with Gasteiger partial charge in [-0.2, -0.15) is 5.26 Å². The molecule has 0 N–H and O–H groups in total. The fraction of sp³-hybridized carbons (Fsp3) is 0.364. The first kappa shape index (κ1) is 29.5. The molecule has 0 atom stereocenters. The van der Waals surface area contributed by atoms with E-state index in [-0.39, 0.29) is 12.0 Å². The van der Waals surface area contributed by atoms with Crippen molar-refractivity contribution in [1.82, 2.24) is 14.8 Å². The number of likely N-dealkylation sites (N-methyl/N-ethyl adjacent to an activating group) is 2. The van der Waals surface area contributed by atoms with Crippen molar-refractivity contribution in [1.29, 1.82) is 5.26 Å². The maximum atomic E-state index is 13.3. The van der Waals surface area contributed by atoms with Crippen LogP contribution in [-0.4, -0.2) is 80.8 Å². The molecule has 2 aromatic heterocycles. The summed E-state index contributed by atoms with van der Waals surface area (Å²) >= 11 is 1.63. The molecular weight excluding hydrogens is 548 g/mol. The molecule has 9 heteroatoms. The molecule has 0 unspecified atom stereocenters. The standard InChI is InChI=1S/C33H36N4O4S/c1-5-37(15-14-36(2)3)33(38)27-8-6-23(19-30(27)39-4)31-20-28-32(42-31)26(10-13-35-28)22-7-9-29(24(18-22)21-34)41-25-11-16-40-17-12-25/h6-10,13,18-20,25H,5,11-12,14-17H2,1-4H3. The van der Waals surface area contributed by atoms with Gasteiger partial charge < -0.3 is 24.0 Å². The summed E-state index contributed by atoms with van der Waals surface area (Å²) in [6, 6.07) is 17.9. The number of thiophene rings is 1. The van der Waals surface area contributed by atoms with Crippen LogP contribution < -0.4 is 9.47 Å². The van der Waals surface area contributed by atoms with Gasteiger partial charge in [0.25, 0.3) is 5.91 Å². The molecule has 0 radical (unpaired) electrons. The third-order valence-electron chi connectivity index (χ3n) is 7.49. The molecular formula is C33H36N4O4S. The van der Waals surface area contributed by atoms with Crippen LogP contribution in [0, 0.1) is 11.3 Å². The Kier molecular flexibility index (Phi) is 9.38. The minimum absolute atomic E-state index is 0.0411. The van der Waals surface area contributed by atoms with E-state index in [0.717, 1.165) is 51.2 Å². The molecule has 218 valence electrons. The molecule has 2 aromatic carbocycles. The Balaban J connectivity index is 1.44. The van der Waals surface area contributed by atoms with Crippen molar-refractivity contribution >= 4 is 27.5 Å². The van der Waals surface area contributed by atoms with Crippen LogP contribution in [0.25, 0.3) is 31.8 Å². The molecule has 4 aromatic rings. The van der Waals surface area contributed by atoms with E-state index in [0.29, 0.717) is 48.9 Å². The number of carbonyl (C=O) groups is 1. The average molecular weight is 585 g/mol. The topological polar surface area (TPSA) is 87.9 Å². The quantitative estimate of drug-likeness (QED) is 0.223. The third-order valence-corrected chi connectivity index (χ3v) is 8.69. The summed E-state index contributed by atoms with van der Waals surface area (Å²) < 4.78 is 18.3. The van der Waals surface area contributed by atoms with E-state index in [1.165, 1.54) is 0 Å². The van der Waals surface area contributed by atoms with Gasteiger partial charge in [-0.15, -0.1) is 11.3 Å². The van der Waals surface area contributed by atoms with Gasteiger partial charge in [0.1, 0.15) is 23.7 Å². The highest BCUT2D eigenvalue weighted by molar-refractivity contribution is 7.22. The van der Waals surface area contributed by atoms with Gasteiger partial charge in [0, 0.05) is 49.1 Å². The maximum Gasteiger partial charge on any atom is 0.257 e. The first-order valence-corrected chi connectivity index (χ1v) is 15.0. The second kappa shape index (κ2) is 13.3. The molecule has 42 heavy (non-hydrogen) atoms. The van der Waals surface area contributed by atoms with E-state index < -0.39 is 0 Å². The molecule has 1 aliphatic rings. The Morgan fingerprint density at radius 1 is 1.07 bits per heavy atom. The van der Waals surface area contributed by atoms with Gasteiger partial charge in [0.15, 0.2) is 0 Å². The lowest BCUT2D eigenvalue weighted by molar-refractivity contribution is 0.0254. The molecule has 1 aliphatic heterocycles. The second-order valence-corrected chi connectivity index (χ2v) is 11.6. The van der Waals surface area contributed by atoms with E-state index in [4.69, 9.17) is 14.2 Å². The Morgan fingerprint density at radius 3 is 2.57 bits per heavy atom. The zero-order valence-electron chi connectivity index (χ0n) is 24.6. The van der Waals surface area contributed by atoms with E-state index in [1.54, 1.807) is 24.6 Å². The number of methoxy groups -OCH3 is 1. The number of benzene rings is 2. The number of hydrogen-bond donors (Lipinski definition) is 0. The minimum Gasteiger partial charge on any atom is -0.496 e. The van der Waals surface area contributed by atoms with Gasteiger partial charge >= 0.3 is 0 Å². The van der Waals surface area contributed by atoms with Gasteiger partial charge in [-0.1, -0.05) is 12.1 Å². The number of ether oxygens (including phenoxy) is 3. The van der Waals surface area contributed by atoms with Gasteiger partial charge in [0.2, 0.25) is 0 Å². The van der Waals surface area contributed by atoms with Crippen molar-refractivity contribution in [2.45, 2.75) is 25.9 Å². The van der Waals surface area contributed by atoms with Crippen LogP contribution in [0.15, 0.2) is 54.7 Å². The normalized spacial score (nSPS) is 13.7. The smallest absolute Gasteiger partial charge is 0.257 e. The number of nitrogens with zero attached hydrogens (tertiary/aromatic N) is 4. The molecule has 0 aliphatic carbocycles. The minimum atomic E-state index is -0.0411. The highest BCUT2D eigenvalue weighted by atomic mass is 32.1. The predicted molar refractivity (Wildman–Crippen MR) is 166 cm³/mol. The lowest BCUT2D eigenvalue weighted by Crippen LogP contribution is -2.36. The zero-order valence-corrected chi connectivity index (χ0v) is 25.4. The highest BCUT2D eigenvalue weighted by Gasteiger charge is 2.21. The molecule has 1 saturated heterocycles. The van der Waals surface area contributed by atoms with Crippen LogP contribution in [0.5, 0.6) is 11.5 Å². The first-order chi connectivity index (χ1) is 20.4. The van der Waals surface area contributed by atoms with Crippen LogP contribution in [0.1, 0.15) is 35.7 Å². The van der Waals surface area contributed by atoms with Crippen molar-refractivity contribution in [2.75, 3.05) is 54.1 Å². The fourth-order valence-corrected chi connectivity index (χ4v) is 6.23. The molecule has 8 nitrogen and oxygen atoms in total. The largest absolute Gasteiger partial charge is 0.496 e. The molecule has 1 amide bonds. The summed E-state index contributed by atoms with van der Waals surface area (Å²) in [6.45, 7) is 5.41. The van der Waals surface area contributed by atoms with E-state index in [1.807, 2.05) is 68.4 Å². The van der Waals surface area contributed by atoms with Gasteiger partial charge in [0.05, 0.1) is 41.7 Å². The first-order valence-electron chi connectivity index (χ1n) is 14.2. The Bertz CT molecular complexity index is 1600. The number of hydrogen-bond acceptors (Lipinski definition) is 8. The molecule has 0 bridgehead atoms. The molecule has 1 fully saturated rings. The van der Waals surface area contributed by atoms with Crippen molar-refractivity contribution in [2.24, 2.45) is 0 Å². The van der Waals surface area contributed by atoms with Crippen molar-refractivity contribution in [3.8, 4) is 39.1 Å². The number of amides is 1. The zero-order chi connectivity index (χ0) is 29.6. The number of aromatic nitrogens is 1. The lowest BCUT2D eigenvalue weighted by Gasteiger charge is -2.24. The molecule has 3 heterocycles. The van der Waals surface area contributed by atoms with Gasteiger partial charge in [-0.3, -0.25) is 9.78 Å². The summed E-state index contributed by atoms with van der Waals surface area (Å²) in [5.74, 6) is 1.11. The van der Waals surface area contributed by atoms with Gasteiger partial charge in [-0.05, 0) is 68.5 Å². The van der Waals surface area contributed by atoms with Crippen LogP contribution in [0.4, 0.5) is 0 Å². The van der Waals surface area contributed by atoms with E-state index in [2.05, 4.69) is 22.0 Å². The van der Waals surface area contributed by atoms with Crippen LogP contribution in [0.2, 0.25) is 0 Å². The fourth-order valence-electron chi connectivity index (χ4n) is 5.08. The van der Waals surface area contributed by atoms with Gasteiger partial charge in [-0.25, -0.2) is 0 Å². The summed E-state index contributed by atoms with van der Waals surface area (Å²) in [5.41, 5.74) is 4.82. The molecule has 0 spiro atoms. The lowest BCUT2D eigenvalue weighted by atomic mass is 10.0. The average Bonchev–Trinajstić information content (AvgIpc) is 3.46. The number of pyridine rings is 1. The second-order valence-electron chi connectivity index (χ2n) is 10.5. The Morgan fingerprint density at radius 2 is 1.86 bits per heavy atom. The predicted octanol–water partition coefficient (Wildman–Crippen LogP) is 6.09.